The molecule has 1 aliphatic carbocycles. The molecule has 0 amide bonds. The number of nitrogens with zero attached hydrogens (tertiary/aromatic N) is 1. The Labute approximate surface area is 114 Å². The van der Waals surface area contributed by atoms with Crippen LogP contribution in [-0.4, -0.2) is 22.7 Å². The summed E-state index contributed by atoms with van der Waals surface area (Å²) in [7, 11) is 0. The smallest absolute Gasteiger partial charge is 0.275 e. The van der Waals surface area contributed by atoms with Crippen LogP contribution in [0.1, 0.15) is 25.7 Å². The van der Waals surface area contributed by atoms with Crippen molar-refractivity contribution in [1.82, 2.24) is 0 Å². The van der Waals surface area contributed by atoms with Crippen molar-refractivity contribution in [1.29, 1.82) is 0 Å². The van der Waals surface area contributed by atoms with E-state index in [4.69, 9.17) is 9.84 Å². The highest BCUT2D eigenvalue weighted by Crippen LogP contribution is 2.32. The first kappa shape index (κ1) is 14.6. The van der Waals surface area contributed by atoms with E-state index in [9.17, 15) is 18.9 Å². The zero-order valence-electron chi connectivity index (χ0n) is 10.7. The van der Waals surface area contributed by atoms with Crippen molar-refractivity contribution in [3.05, 3.63) is 33.9 Å². The van der Waals surface area contributed by atoms with Gasteiger partial charge in [0.05, 0.1) is 23.2 Å². The third-order valence-corrected chi connectivity index (χ3v) is 3.53. The van der Waals surface area contributed by atoms with Crippen LogP contribution in [0.25, 0.3) is 0 Å². The zero-order valence-corrected chi connectivity index (χ0v) is 10.7. The van der Waals surface area contributed by atoms with E-state index in [-0.39, 0.29) is 18.6 Å². The van der Waals surface area contributed by atoms with Gasteiger partial charge < -0.3 is 9.84 Å². The molecule has 1 aromatic rings. The number of nitro benzene ring substituents is 1. The van der Waals surface area contributed by atoms with E-state index in [1.54, 1.807) is 0 Å². The minimum Gasteiger partial charge on any atom is -0.484 e. The van der Waals surface area contributed by atoms with Gasteiger partial charge in [0, 0.05) is 6.61 Å². The van der Waals surface area contributed by atoms with Gasteiger partial charge in [0.2, 0.25) is 0 Å². The molecule has 1 saturated carbocycles. The molecule has 5 nitrogen and oxygen atoms in total. The average molecular weight is 287 g/mol. The van der Waals surface area contributed by atoms with Gasteiger partial charge in [-0.1, -0.05) is 0 Å². The second-order valence-corrected chi connectivity index (χ2v) is 4.94. The maximum Gasteiger partial charge on any atom is 0.275 e. The molecule has 0 radical (unpaired) electrons. The Morgan fingerprint density at radius 3 is 2.25 bits per heavy atom. The number of aliphatic hydroxyl groups excluding tert-OH is 1. The quantitative estimate of drug-likeness (QED) is 0.682. The van der Waals surface area contributed by atoms with Gasteiger partial charge in [0.25, 0.3) is 5.69 Å². The number of benzene rings is 1. The van der Waals surface area contributed by atoms with Crippen molar-refractivity contribution < 1.29 is 23.5 Å². The summed E-state index contributed by atoms with van der Waals surface area (Å²) >= 11 is 0. The number of rotatable bonds is 4. The number of hydrogen-bond donors (Lipinski definition) is 1. The lowest BCUT2D eigenvalue weighted by molar-refractivity contribution is -0.385. The predicted molar refractivity (Wildman–Crippen MR) is 66.5 cm³/mol. The Balaban J connectivity index is 2.08. The molecular formula is C13H15F2NO4. The molecule has 1 aromatic carbocycles. The molecular weight excluding hydrogens is 272 g/mol. The second-order valence-electron chi connectivity index (χ2n) is 4.94. The van der Waals surface area contributed by atoms with E-state index in [0.29, 0.717) is 25.0 Å². The fourth-order valence-electron chi connectivity index (χ4n) is 2.36. The third kappa shape index (κ3) is 3.22. The first-order valence-corrected chi connectivity index (χ1v) is 6.42. The Bertz CT molecular complexity index is 478. The predicted octanol–water partition coefficient (Wildman–Crippen LogP) is 2.80. The average Bonchev–Trinajstić information content (AvgIpc) is 2.43. The Morgan fingerprint density at radius 1 is 1.25 bits per heavy atom. The number of hydrogen-bond acceptors (Lipinski definition) is 4. The molecule has 20 heavy (non-hydrogen) atoms. The van der Waals surface area contributed by atoms with Crippen LogP contribution in [0.3, 0.4) is 0 Å². The minimum absolute atomic E-state index is 0.104. The molecule has 2 rings (SSSR count). The number of ether oxygens (including phenoxy) is 1. The lowest BCUT2D eigenvalue weighted by atomic mass is 9.88. The molecule has 0 heterocycles. The molecule has 0 atom stereocenters. The van der Waals surface area contributed by atoms with E-state index >= 15 is 0 Å². The summed E-state index contributed by atoms with van der Waals surface area (Å²) in [6, 6.07) is 1.30. The summed E-state index contributed by atoms with van der Waals surface area (Å²) in [4.78, 5) is 9.62. The summed E-state index contributed by atoms with van der Waals surface area (Å²) in [5.74, 6) is -2.49. The summed E-state index contributed by atoms with van der Waals surface area (Å²) in [5.41, 5.74) is -0.642. The summed E-state index contributed by atoms with van der Waals surface area (Å²) in [6.07, 6.45) is 2.33. The summed E-state index contributed by atoms with van der Waals surface area (Å²) in [6.45, 7) is 0.104. The molecule has 1 N–H and O–H groups in total. The lowest BCUT2D eigenvalue weighted by Crippen LogP contribution is -2.26. The Hall–Kier alpha value is -1.76. The largest absolute Gasteiger partial charge is 0.484 e. The first-order chi connectivity index (χ1) is 9.51. The topological polar surface area (TPSA) is 72.6 Å². The third-order valence-electron chi connectivity index (χ3n) is 3.53. The van der Waals surface area contributed by atoms with Gasteiger partial charge in [0.1, 0.15) is 0 Å². The fourth-order valence-corrected chi connectivity index (χ4v) is 2.36. The van der Waals surface area contributed by atoms with Gasteiger partial charge >= 0.3 is 0 Å². The van der Waals surface area contributed by atoms with Crippen molar-refractivity contribution in [3.63, 3.8) is 0 Å². The molecule has 1 aliphatic rings. The van der Waals surface area contributed by atoms with E-state index in [1.807, 2.05) is 0 Å². The van der Waals surface area contributed by atoms with Gasteiger partial charge in [-0.2, -0.15) is 0 Å². The number of nitro groups is 1. The maximum absolute atomic E-state index is 13.7. The normalized spacial score (nSPS) is 22.6. The van der Waals surface area contributed by atoms with Crippen molar-refractivity contribution in [3.8, 4) is 5.75 Å². The van der Waals surface area contributed by atoms with Gasteiger partial charge in [-0.25, -0.2) is 8.78 Å². The Kier molecular flexibility index (Phi) is 4.49. The van der Waals surface area contributed by atoms with Gasteiger partial charge in [-0.05, 0) is 31.6 Å². The molecule has 1 fully saturated rings. The van der Waals surface area contributed by atoms with Crippen LogP contribution < -0.4 is 4.74 Å². The van der Waals surface area contributed by atoms with Crippen molar-refractivity contribution in [2.45, 2.75) is 31.8 Å². The van der Waals surface area contributed by atoms with Crippen molar-refractivity contribution in [2.75, 3.05) is 6.61 Å². The highest BCUT2D eigenvalue weighted by atomic mass is 19.1. The zero-order chi connectivity index (χ0) is 14.7. The molecule has 110 valence electrons. The van der Waals surface area contributed by atoms with Crippen LogP contribution in [0.2, 0.25) is 0 Å². The maximum atomic E-state index is 13.7. The minimum atomic E-state index is -1.07. The van der Waals surface area contributed by atoms with Crippen LogP contribution in [-0.2, 0) is 0 Å². The lowest BCUT2D eigenvalue weighted by Gasteiger charge is -2.28. The van der Waals surface area contributed by atoms with Crippen molar-refractivity contribution >= 4 is 5.69 Å². The highest BCUT2D eigenvalue weighted by Gasteiger charge is 2.25. The molecule has 0 aromatic heterocycles. The van der Waals surface area contributed by atoms with Crippen LogP contribution in [0.5, 0.6) is 5.75 Å². The van der Waals surface area contributed by atoms with Gasteiger partial charge in [0.15, 0.2) is 17.4 Å². The van der Waals surface area contributed by atoms with Crippen LogP contribution in [0, 0.1) is 27.7 Å². The summed E-state index contributed by atoms with van der Waals surface area (Å²) in [5, 5.41) is 19.5. The Morgan fingerprint density at radius 2 is 1.80 bits per heavy atom. The fraction of sp³-hybridized carbons (Fsp3) is 0.538. The molecule has 0 bridgehead atoms. The highest BCUT2D eigenvalue weighted by molar-refractivity contribution is 5.39. The van der Waals surface area contributed by atoms with Crippen molar-refractivity contribution in [2.24, 2.45) is 5.92 Å². The second kappa shape index (κ2) is 6.13. The van der Waals surface area contributed by atoms with E-state index < -0.39 is 28.0 Å². The van der Waals surface area contributed by atoms with E-state index in [2.05, 4.69) is 0 Å². The monoisotopic (exact) mass is 287 g/mol. The van der Waals surface area contributed by atoms with Crippen LogP contribution in [0.15, 0.2) is 12.1 Å². The number of aliphatic hydroxyl groups is 1. The first-order valence-electron chi connectivity index (χ1n) is 6.42. The molecule has 0 spiro atoms. The van der Waals surface area contributed by atoms with Crippen LogP contribution >= 0.6 is 0 Å². The SMILES string of the molecule is O=[N+]([O-])c1cc(F)c(OC2CCC(CO)CC2)c(F)c1. The number of halogens is 2. The summed E-state index contributed by atoms with van der Waals surface area (Å²) < 4.78 is 32.6. The van der Waals surface area contributed by atoms with E-state index in [0.717, 1.165) is 12.8 Å². The molecule has 0 unspecified atom stereocenters. The van der Waals surface area contributed by atoms with Gasteiger partial charge in [-0.15, -0.1) is 0 Å². The molecule has 0 saturated heterocycles. The standard InChI is InChI=1S/C13H15F2NO4/c14-11-5-9(16(18)19)6-12(15)13(11)20-10-3-1-8(7-17)2-4-10/h5-6,8,10,17H,1-4,7H2. The molecule has 7 heteroatoms. The van der Waals surface area contributed by atoms with Gasteiger partial charge in [-0.3, -0.25) is 10.1 Å². The molecule has 0 aliphatic heterocycles. The van der Waals surface area contributed by atoms with E-state index in [1.165, 1.54) is 0 Å². The number of non-ortho nitro benzene ring substituents is 1. The van der Waals surface area contributed by atoms with Crippen LogP contribution in [0.4, 0.5) is 14.5 Å².